The number of methoxy groups -OCH3 is 1. The Bertz CT molecular complexity index is 769. The summed E-state index contributed by atoms with van der Waals surface area (Å²) in [7, 11) is 1.58. The van der Waals surface area contributed by atoms with Gasteiger partial charge in [0, 0.05) is 23.6 Å². The predicted octanol–water partition coefficient (Wildman–Crippen LogP) is 3.97. The second kappa shape index (κ2) is 7.52. The first-order valence-electron chi connectivity index (χ1n) is 9.28. The zero-order valence-electron chi connectivity index (χ0n) is 16.6. The lowest BCUT2D eigenvalue weighted by atomic mass is 10.00. The molecule has 0 N–H and O–H groups in total. The molecule has 3 atom stereocenters. The van der Waals surface area contributed by atoms with E-state index < -0.39 is 23.6 Å². The molecule has 1 aromatic rings. The van der Waals surface area contributed by atoms with Crippen molar-refractivity contribution in [3.8, 4) is 0 Å². The Morgan fingerprint density at radius 3 is 2.68 bits per heavy atom. The van der Waals surface area contributed by atoms with Gasteiger partial charge in [0.15, 0.2) is 0 Å². The van der Waals surface area contributed by atoms with Crippen molar-refractivity contribution in [3.63, 3.8) is 0 Å². The molecule has 8 heteroatoms. The van der Waals surface area contributed by atoms with Gasteiger partial charge in [-0.3, -0.25) is 9.69 Å². The molecule has 1 aromatic carbocycles. The molecule has 1 saturated carbocycles. The maximum absolute atomic E-state index is 14.7. The summed E-state index contributed by atoms with van der Waals surface area (Å²) in [5, 5.41) is 0.619. The summed E-state index contributed by atoms with van der Waals surface area (Å²) < 4.78 is 25.5. The molecule has 1 heterocycles. The third-order valence-electron chi connectivity index (χ3n) is 5.19. The third kappa shape index (κ3) is 4.25. The Morgan fingerprint density at radius 1 is 1.36 bits per heavy atom. The minimum absolute atomic E-state index is 0.152. The quantitative estimate of drug-likeness (QED) is 0.686. The molecule has 2 aliphatic rings. The number of carbonyl (C=O) groups is 2. The Hall–Kier alpha value is -1.86. The fourth-order valence-corrected chi connectivity index (χ4v) is 4.16. The highest BCUT2D eigenvalue weighted by Gasteiger charge is 2.68. The molecule has 2 amide bonds. The minimum Gasteiger partial charge on any atom is -0.444 e. The molecule has 0 bridgehead atoms. The standard InChI is InChI=1S/C20H26ClFN2O4/c1-19(2,3)28-18(26)24-15(9-20(12-27-4)10-16(20)24)17(25)23(22)11-13-6-5-7-14(21)8-13/h5-8,15-16H,9-12H2,1-4H3/t15-,16+,20-/m0/s1. The van der Waals surface area contributed by atoms with Crippen LogP contribution in [0.4, 0.5) is 9.28 Å². The minimum atomic E-state index is -0.909. The van der Waals surface area contributed by atoms with Crippen LogP contribution in [-0.2, 0) is 20.8 Å². The van der Waals surface area contributed by atoms with Gasteiger partial charge in [0.2, 0.25) is 0 Å². The molecule has 6 nitrogen and oxygen atoms in total. The van der Waals surface area contributed by atoms with Gasteiger partial charge in [-0.1, -0.05) is 28.2 Å². The van der Waals surface area contributed by atoms with Gasteiger partial charge in [-0.05, 0) is 51.3 Å². The van der Waals surface area contributed by atoms with E-state index in [4.69, 9.17) is 21.1 Å². The lowest BCUT2D eigenvalue weighted by Gasteiger charge is -2.30. The molecule has 1 saturated heterocycles. The average Bonchev–Trinajstić information content (AvgIpc) is 3.16. The van der Waals surface area contributed by atoms with Gasteiger partial charge in [-0.2, -0.15) is 5.12 Å². The van der Waals surface area contributed by atoms with E-state index in [1.807, 2.05) is 0 Å². The van der Waals surface area contributed by atoms with Crippen LogP contribution in [0.5, 0.6) is 0 Å². The molecule has 28 heavy (non-hydrogen) atoms. The Balaban J connectivity index is 1.77. The molecular formula is C20H26ClFN2O4. The monoisotopic (exact) mass is 412 g/mol. The molecule has 3 rings (SSSR count). The molecule has 0 aromatic heterocycles. The number of piperidine rings is 1. The van der Waals surface area contributed by atoms with Crippen molar-refractivity contribution in [2.75, 3.05) is 13.7 Å². The first-order valence-corrected chi connectivity index (χ1v) is 9.66. The van der Waals surface area contributed by atoms with Crippen LogP contribution in [0, 0.1) is 5.41 Å². The molecular weight excluding hydrogens is 387 g/mol. The van der Waals surface area contributed by atoms with Gasteiger partial charge in [0.1, 0.15) is 11.6 Å². The number of likely N-dealkylation sites (tertiary alicyclic amines) is 1. The SMILES string of the molecule is COC[C@@]12C[C@@H](C(=O)N(F)Cc3cccc(Cl)c3)N(C(=O)OC(C)(C)C)[C@@H]1C2. The molecule has 0 unspecified atom stereocenters. The molecule has 154 valence electrons. The van der Waals surface area contributed by atoms with Gasteiger partial charge in [-0.15, -0.1) is 0 Å². The summed E-state index contributed by atoms with van der Waals surface area (Å²) in [5.41, 5.74) is -0.438. The fourth-order valence-electron chi connectivity index (χ4n) is 3.95. The Labute approximate surface area is 169 Å². The number of ether oxygens (including phenoxy) is 2. The van der Waals surface area contributed by atoms with E-state index in [0.29, 0.717) is 23.6 Å². The average molecular weight is 413 g/mol. The highest BCUT2D eigenvalue weighted by atomic mass is 35.5. The molecule has 0 spiro atoms. The van der Waals surface area contributed by atoms with Crippen molar-refractivity contribution < 1.29 is 23.5 Å². The van der Waals surface area contributed by atoms with Gasteiger partial charge in [0.05, 0.1) is 13.2 Å². The normalized spacial score (nSPS) is 26.0. The van der Waals surface area contributed by atoms with Gasteiger partial charge < -0.3 is 9.47 Å². The van der Waals surface area contributed by atoms with Crippen LogP contribution in [-0.4, -0.2) is 53.4 Å². The van der Waals surface area contributed by atoms with Gasteiger partial charge in [-0.25, -0.2) is 4.79 Å². The van der Waals surface area contributed by atoms with Crippen molar-refractivity contribution in [1.29, 1.82) is 0 Å². The van der Waals surface area contributed by atoms with Crippen molar-refractivity contribution >= 4 is 23.6 Å². The third-order valence-corrected chi connectivity index (χ3v) is 5.42. The number of benzene rings is 1. The highest BCUT2D eigenvalue weighted by Crippen LogP contribution is 2.60. The smallest absolute Gasteiger partial charge is 0.411 e. The number of amides is 2. The zero-order valence-corrected chi connectivity index (χ0v) is 17.3. The molecule has 1 aliphatic heterocycles. The van der Waals surface area contributed by atoms with E-state index >= 15 is 0 Å². The molecule has 1 aliphatic carbocycles. The predicted molar refractivity (Wildman–Crippen MR) is 102 cm³/mol. The summed E-state index contributed by atoms with van der Waals surface area (Å²) in [5.74, 6) is -0.756. The second-order valence-electron chi connectivity index (χ2n) is 8.61. The number of nitrogens with zero attached hydrogens (tertiary/aromatic N) is 2. The fraction of sp³-hybridized carbons (Fsp3) is 0.600. The number of rotatable bonds is 5. The second-order valence-corrected chi connectivity index (χ2v) is 9.05. The highest BCUT2D eigenvalue weighted by molar-refractivity contribution is 6.30. The first kappa shape index (κ1) is 20.9. The summed E-state index contributed by atoms with van der Waals surface area (Å²) in [6.45, 7) is 5.45. The number of hydrogen-bond acceptors (Lipinski definition) is 4. The number of halogens is 2. The number of carbonyl (C=O) groups excluding carboxylic acids is 2. The van der Waals surface area contributed by atoms with E-state index in [2.05, 4.69) is 0 Å². The topological polar surface area (TPSA) is 59.1 Å². The van der Waals surface area contributed by atoms with Crippen molar-refractivity contribution in [3.05, 3.63) is 34.9 Å². The van der Waals surface area contributed by atoms with Gasteiger partial charge in [0.25, 0.3) is 5.91 Å². The van der Waals surface area contributed by atoms with E-state index in [-0.39, 0.29) is 23.1 Å². The van der Waals surface area contributed by atoms with Crippen LogP contribution >= 0.6 is 11.6 Å². The van der Waals surface area contributed by atoms with Crippen LogP contribution in [0.2, 0.25) is 5.02 Å². The molecule has 0 radical (unpaired) electrons. The summed E-state index contributed by atoms with van der Waals surface area (Å²) in [6, 6.07) is 5.59. The van der Waals surface area contributed by atoms with Crippen LogP contribution in [0.25, 0.3) is 0 Å². The van der Waals surface area contributed by atoms with E-state index in [1.165, 1.54) is 4.90 Å². The maximum atomic E-state index is 14.7. The molecule has 2 fully saturated rings. The van der Waals surface area contributed by atoms with Crippen LogP contribution < -0.4 is 0 Å². The Kier molecular flexibility index (Phi) is 5.60. The first-order chi connectivity index (χ1) is 13.1. The van der Waals surface area contributed by atoms with Crippen molar-refractivity contribution in [2.24, 2.45) is 5.41 Å². The largest absolute Gasteiger partial charge is 0.444 e. The van der Waals surface area contributed by atoms with E-state index in [1.54, 1.807) is 52.1 Å². The van der Waals surface area contributed by atoms with Crippen molar-refractivity contribution in [2.45, 2.75) is 57.8 Å². The maximum Gasteiger partial charge on any atom is 0.411 e. The summed E-state index contributed by atoms with van der Waals surface area (Å²) >= 11 is 5.93. The van der Waals surface area contributed by atoms with Crippen LogP contribution in [0.1, 0.15) is 39.2 Å². The van der Waals surface area contributed by atoms with Crippen LogP contribution in [0.15, 0.2) is 24.3 Å². The number of hydrogen-bond donors (Lipinski definition) is 0. The van der Waals surface area contributed by atoms with E-state index in [9.17, 15) is 14.1 Å². The lowest BCUT2D eigenvalue weighted by molar-refractivity contribution is -0.153. The van der Waals surface area contributed by atoms with Gasteiger partial charge >= 0.3 is 6.09 Å². The number of fused-ring (bicyclic) bond motifs is 1. The van der Waals surface area contributed by atoms with Crippen LogP contribution in [0.3, 0.4) is 0 Å². The Morgan fingerprint density at radius 2 is 2.07 bits per heavy atom. The van der Waals surface area contributed by atoms with E-state index in [0.717, 1.165) is 6.42 Å². The zero-order chi connectivity index (χ0) is 20.7. The lowest BCUT2D eigenvalue weighted by Crippen LogP contribution is -2.48. The summed E-state index contributed by atoms with van der Waals surface area (Å²) in [4.78, 5) is 27.0. The van der Waals surface area contributed by atoms with Crippen molar-refractivity contribution in [1.82, 2.24) is 10.0 Å². The summed E-state index contributed by atoms with van der Waals surface area (Å²) in [6.07, 6.45) is 0.492.